The van der Waals surface area contributed by atoms with E-state index in [2.05, 4.69) is 0 Å². The molecule has 1 heterocycles. The number of hydrogen-bond acceptors (Lipinski definition) is 6. The fourth-order valence-electron chi connectivity index (χ4n) is 1.96. The molecule has 98 valence electrons. The van der Waals surface area contributed by atoms with E-state index in [1.54, 1.807) is 0 Å². The van der Waals surface area contributed by atoms with Gasteiger partial charge in [-0.2, -0.15) is 0 Å². The number of amides is 3. The number of aliphatic hydroxyl groups excluding tert-OH is 4. The van der Waals surface area contributed by atoms with Gasteiger partial charge in [-0.3, -0.25) is 9.69 Å². The molecule has 8 heteroatoms. The molecule has 1 aliphatic rings. The van der Waals surface area contributed by atoms with Gasteiger partial charge in [0.2, 0.25) is 0 Å². The first kappa shape index (κ1) is 13.8. The predicted octanol–water partition coefficient (Wildman–Crippen LogP) is -2.49. The van der Waals surface area contributed by atoms with E-state index >= 15 is 0 Å². The van der Waals surface area contributed by atoms with Crippen LogP contribution in [0.1, 0.15) is 6.92 Å². The highest BCUT2D eigenvalue weighted by Crippen LogP contribution is 2.33. The topological polar surface area (TPSA) is 122 Å². The van der Waals surface area contributed by atoms with E-state index in [1.807, 2.05) is 0 Å². The summed E-state index contributed by atoms with van der Waals surface area (Å²) in [5, 5.41) is 36.3. The monoisotopic (exact) mass is 248 g/mol. The summed E-state index contributed by atoms with van der Waals surface area (Å²) in [6.07, 6.45) is 0. The fraction of sp³-hybridized carbons (Fsp3) is 0.778. The van der Waals surface area contributed by atoms with E-state index in [0.29, 0.717) is 4.90 Å². The van der Waals surface area contributed by atoms with Crippen molar-refractivity contribution in [1.82, 2.24) is 9.80 Å². The number of imide groups is 1. The molecule has 0 saturated carbocycles. The minimum atomic E-state index is -1.56. The van der Waals surface area contributed by atoms with Crippen LogP contribution in [0.15, 0.2) is 0 Å². The van der Waals surface area contributed by atoms with Crippen molar-refractivity contribution in [2.45, 2.75) is 12.5 Å². The maximum absolute atomic E-state index is 12.0. The highest BCUT2D eigenvalue weighted by molar-refractivity contribution is 6.06. The molecular formula is C9H16N2O6. The van der Waals surface area contributed by atoms with Crippen LogP contribution in [0.25, 0.3) is 0 Å². The van der Waals surface area contributed by atoms with Crippen molar-refractivity contribution < 1.29 is 30.0 Å². The van der Waals surface area contributed by atoms with Crippen molar-refractivity contribution in [3.8, 4) is 0 Å². The first-order chi connectivity index (χ1) is 7.98. The van der Waals surface area contributed by atoms with Crippen LogP contribution in [0.2, 0.25) is 0 Å². The van der Waals surface area contributed by atoms with Crippen LogP contribution in [-0.4, -0.2) is 74.4 Å². The van der Waals surface area contributed by atoms with Gasteiger partial charge in [-0.25, -0.2) is 9.69 Å². The third-order valence-corrected chi connectivity index (χ3v) is 3.22. The summed E-state index contributed by atoms with van der Waals surface area (Å²) < 4.78 is 0. The van der Waals surface area contributed by atoms with Crippen LogP contribution in [0.4, 0.5) is 4.79 Å². The highest BCUT2D eigenvalue weighted by Gasteiger charge is 2.57. The van der Waals surface area contributed by atoms with Gasteiger partial charge in [0.15, 0.2) is 0 Å². The third-order valence-electron chi connectivity index (χ3n) is 3.22. The second-order valence-corrected chi connectivity index (χ2v) is 3.94. The first-order valence-corrected chi connectivity index (χ1v) is 5.06. The lowest BCUT2D eigenvalue weighted by Crippen LogP contribution is -2.55. The second kappa shape index (κ2) is 4.96. The van der Waals surface area contributed by atoms with Gasteiger partial charge in [0, 0.05) is 5.92 Å². The average Bonchev–Trinajstić information content (AvgIpc) is 2.49. The molecule has 0 spiro atoms. The van der Waals surface area contributed by atoms with Crippen molar-refractivity contribution in [3.63, 3.8) is 0 Å². The predicted molar refractivity (Wildman–Crippen MR) is 54.3 cm³/mol. The van der Waals surface area contributed by atoms with Crippen LogP contribution >= 0.6 is 0 Å². The van der Waals surface area contributed by atoms with Crippen molar-refractivity contribution >= 4 is 11.9 Å². The zero-order valence-electron chi connectivity index (χ0n) is 9.41. The zero-order valence-corrected chi connectivity index (χ0v) is 9.41. The molecule has 1 aliphatic heterocycles. The van der Waals surface area contributed by atoms with E-state index < -0.39 is 50.1 Å². The van der Waals surface area contributed by atoms with E-state index in [1.165, 1.54) is 6.92 Å². The lowest BCUT2D eigenvalue weighted by Gasteiger charge is -2.35. The molecule has 0 radical (unpaired) electrons. The molecule has 0 aromatic rings. The molecule has 3 amide bonds. The Labute approximate surface area is 97.7 Å². The summed E-state index contributed by atoms with van der Waals surface area (Å²) in [5.74, 6) is -1.69. The molecule has 0 aliphatic carbocycles. The molecule has 0 bridgehead atoms. The Kier molecular flexibility index (Phi) is 4.04. The normalized spacial score (nSPS) is 25.3. The first-order valence-electron chi connectivity index (χ1n) is 5.06. The summed E-state index contributed by atoms with van der Waals surface area (Å²) in [7, 11) is 0. The molecule has 8 nitrogen and oxygen atoms in total. The lowest BCUT2D eigenvalue weighted by atomic mass is 9.85. The average molecular weight is 248 g/mol. The summed E-state index contributed by atoms with van der Waals surface area (Å²) in [5.41, 5.74) is -1.56. The van der Waals surface area contributed by atoms with Gasteiger partial charge in [-0.05, 0) is 6.92 Å². The Morgan fingerprint density at radius 2 is 1.65 bits per heavy atom. The number of carbonyl (C=O) groups is 2. The van der Waals surface area contributed by atoms with Gasteiger partial charge in [0.1, 0.15) is 19.0 Å². The molecule has 1 unspecified atom stereocenters. The number of aliphatic hydroxyl groups is 4. The summed E-state index contributed by atoms with van der Waals surface area (Å²) in [6.45, 7) is -1.28. The van der Waals surface area contributed by atoms with Crippen LogP contribution in [0.5, 0.6) is 0 Å². The SMILES string of the molecule is CC1(C(CO)CO)C(=O)N(CO)C(=O)N1CO. The molecule has 0 aromatic carbocycles. The maximum Gasteiger partial charge on any atom is 0.331 e. The number of hydrogen-bond donors (Lipinski definition) is 4. The maximum atomic E-state index is 12.0. The molecule has 1 saturated heterocycles. The van der Waals surface area contributed by atoms with E-state index in [0.717, 1.165) is 4.90 Å². The van der Waals surface area contributed by atoms with Gasteiger partial charge in [-0.1, -0.05) is 0 Å². The van der Waals surface area contributed by atoms with Gasteiger partial charge >= 0.3 is 6.03 Å². The van der Waals surface area contributed by atoms with E-state index in [9.17, 15) is 9.59 Å². The Morgan fingerprint density at radius 1 is 1.12 bits per heavy atom. The summed E-state index contributed by atoms with van der Waals surface area (Å²) in [4.78, 5) is 25.0. The number of nitrogens with zero attached hydrogens (tertiary/aromatic N) is 2. The fourth-order valence-corrected chi connectivity index (χ4v) is 1.96. The molecule has 1 atom stereocenters. The van der Waals surface area contributed by atoms with Crippen molar-refractivity contribution in [1.29, 1.82) is 0 Å². The third kappa shape index (κ3) is 1.78. The van der Waals surface area contributed by atoms with E-state index in [4.69, 9.17) is 20.4 Å². The molecule has 1 rings (SSSR count). The summed E-state index contributed by atoms with van der Waals surface area (Å²) >= 11 is 0. The van der Waals surface area contributed by atoms with Crippen LogP contribution in [-0.2, 0) is 4.79 Å². The quantitative estimate of drug-likeness (QED) is 0.399. The molecule has 0 aromatic heterocycles. The van der Waals surface area contributed by atoms with Gasteiger partial charge in [0.25, 0.3) is 5.91 Å². The number of urea groups is 1. The molecular weight excluding hydrogens is 232 g/mol. The molecule has 17 heavy (non-hydrogen) atoms. The Hall–Kier alpha value is -1.22. The Balaban J connectivity index is 3.19. The van der Waals surface area contributed by atoms with Gasteiger partial charge < -0.3 is 20.4 Å². The van der Waals surface area contributed by atoms with Gasteiger partial charge in [-0.15, -0.1) is 0 Å². The van der Waals surface area contributed by atoms with E-state index in [-0.39, 0.29) is 0 Å². The van der Waals surface area contributed by atoms with Crippen LogP contribution in [0, 0.1) is 5.92 Å². The lowest BCUT2D eigenvalue weighted by molar-refractivity contribution is -0.140. The van der Waals surface area contributed by atoms with Crippen molar-refractivity contribution in [2.24, 2.45) is 5.92 Å². The van der Waals surface area contributed by atoms with Crippen molar-refractivity contribution in [3.05, 3.63) is 0 Å². The second-order valence-electron chi connectivity index (χ2n) is 3.94. The minimum absolute atomic E-state index is 0.526. The highest BCUT2D eigenvalue weighted by atomic mass is 16.3. The van der Waals surface area contributed by atoms with Gasteiger partial charge in [0.05, 0.1) is 13.2 Å². The summed E-state index contributed by atoms with van der Waals surface area (Å²) in [6, 6.07) is -0.852. The molecule has 1 fully saturated rings. The largest absolute Gasteiger partial charge is 0.396 e. The molecule has 4 N–H and O–H groups in total. The Morgan fingerprint density at radius 3 is 2.00 bits per heavy atom. The standard InChI is InChI=1S/C9H16N2O6/c1-9(6(2-12)3-13)7(16)10(4-14)8(17)11(9)5-15/h6,12-15H,2-5H2,1H3. The smallest absolute Gasteiger partial charge is 0.331 e. The van der Waals surface area contributed by atoms with Crippen LogP contribution in [0.3, 0.4) is 0 Å². The number of carbonyl (C=O) groups excluding carboxylic acids is 2. The van der Waals surface area contributed by atoms with Crippen LogP contribution < -0.4 is 0 Å². The minimum Gasteiger partial charge on any atom is -0.396 e. The van der Waals surface area contributed by atoms with Crippen molar-refractivity contribution in [2.75, 3.05) is 26.7 Å². The Bertz CT molecular complexity index is 319. The number of rotatable bonds is 5. The zero-order chi connectivity index (χ0) is 13.2.